The molecule has 0 spiro atoms. The van der Waals surface area contributed by atoms with Crippen molar-refractivity contribution >= 4 is 28.4 Å². The van der Waals surface area contributed by atoms with Gasteiger partial charge in [-0.15, -0.1) is 0 Å². The summed E-state index contributed by atoms with van der Waals surface area (Å²) in [4.78, 5) is 84.3. The molecule has 3 fully saturated rings. The summed E-state index contributed by atoms with van der Waals surface area (Å²) >= 11 is 0. The first-order valence-electron chi connectivity index (χ1n) is 24.5. The molecule has 0 saturated carbocycles. The van der Waals surface area contributed by atoms with Crippen LogP contribution in [0.25, 0.3) is 0 Å². The lowest BCUT2D eigenvalue weighted by Gasteiger charge is -2.41. The Hall–Kier alpha value is -3.59. The molecule has 20 nitrogen and oxygen atoms in total. The number of carbonyl (C=O) groups excluding carboxylic acids is 2. The third-order valence-electron chi connectivity index (χ3n) is 14.8. The Morgan fingerprint density at radius 3 is 1.23 bits per heavy atom. The summed E-state index contributed by atoms with van der Waals surface area (Å²) in [6.45, 7) is 36.0. The topological polar surface area (TPSA) is 247 Å². The highest BCUT2D eigenvalue weighted by atomic mass is 28.4. The molecule has 2 aromatic rings. The molecule has 3 aliphatic heterocycles. The number of hydrogen-bond acceptors (Lipinski definition) is 14. The molecule has 3 saturated heterocycles. The molecule has 0 aliphatic carbocycles. The zero-order valence-electron chi connectivity index (χ0n) is 45.1. The van der Waals surface area contributed by atoms with E-state index in [0.29, 0.717) is 24.0 Å². The van der Waals surface area contributed by atoms with E-state index in [1.54, 1.807) is 27.7 Å². The van der Waals surface area contributed by atoms with Gasteiger partial charge in [-0.25, -0.2) is 9.59 Å². The van der Waals surface area contributed by atoms with Crippen LogP contribution in [0.2, 0.25) is 36.3 Å². The Labute approximate surface area is 414 Å². The Bertz CT molecular complexity index is 2290. The number of rotatable bonds is 12. The number of aryl methyl sites for hydroxylation is 2. The van der Waals surface area contributed by atoms with Crippen molar-refractivity contribution in [1.82, 2.24) is 40.4 Å². The number of hydrogen-bond donors (Lipinski definition) is 6. The maximum Gasteiger partial charge on any atom is 0.330 e. The molecule has 0 radical (unpaired) electrons. The Morgan fingerprint density at radius 1 is 0.586 bits per heavy atom. The first-order valence-corrected chi connectivity index (χ1v) is 30.4. The summed E-state index contributed by atoms with van der Waals surface area (Å²) < 4.78 is 42.9. The molecule has 8 atom stereocenters. The molecule has 70 heavy (non-hydrogen) atoms. The predicted octanol–water partition coefficient (Wildman–Crippen LogP) is 3.59. The molecule has 6 N–H and O–H groups in total. The highest BCUT2D eigenvalue weighted by Crippen LogP contribution is 2.43. The summed E-state index contributed by atoms with van der Waals surface area (Å²) in [6.07, 6.45) is -0.222. The van der Waals surface area contributed by atoms with Crippen molar-refractivity contribution in [3.8, 4) is 0 Å². The van der Waals surface area contributed by atoms with Gasteiger partial charge in [0.15, 0.2) is 27.8 Å². The van der Waals surface area contributed by atoms with Crippen LogP contribution in [0.5, 0.6) is 0 Å². The first-order chi connectivity index (χ1) is 31.9. The molecule has 0 bridgehead atoms. The van der Waals surface area contributed by atoms with Crippen LogP contribution in [-0.2, 0) is 37.4 Å². The van der Waals surface area contributed by atoms with Crippen molar-refractivity contribution in [2.24, 2.45) is 0 Å². The third-order valence-corrected chi connectivity index (χ3v) is 23.8. The van der Waals surface area contributed by atoms with E-state index in [1.807, 2.05) is 27.7 Å². The molecule has 2 unspecified atom stereocenters. The van der Waals surface area contributed by atoms with Crippen molar-refractivity contribution in [2.75, 3.05) is 39.4 Å². The predicted molar refractivity (Wildman–Crippen MR) is 272 cm³/mol. The van der Waals surface area contributed by atoms with Gasteiger partial charge in [0.05, 0.1) is 25.4 Å². The van der Waals surface area contributed by atoms with Gasteiger partial charge in [0.25, 0.3) is 22.9 Å². The number of ether oxygens (including phenoxy) is 4. The number of nitrogens with zero attached hydrogens (tertiary/aromatic N) is 2. The first kappa shape index (κ1) is 57.3. The number of aromatic amines is 2. The Balaban J connectivity index is 1.35. The molecule has 22 heteroatoms. The van der Waals surface area contributed by atoms with Crippen LogP contribution in [0, 0.1) is 13.8 Å². The van der Waals surface area contributed by atoms with Gasteiger partial charge in [-0.3, -0.25) is 38.3 Å². The minimum absolute atomic E-state index is 0.0472. The minimum Gasteiger partial charge on any atom is -0.411 e. The van der Waals surface area contributed by atoms with Crippen LogP contribution in [-0.4, -0.2) is 134 Å². The second kappa shape index (κ2) is 20.7. The highest BCUT2D eigenvalue weighted by molar-refractivity contribution is 6.74. The van der Waals surface area contributed by atoms with Gasteiger partial charge in [0.1, 0.15) is 24.7 Å². The molecule has 2 aromatic heterocycles. The fraction of sp³-hybridized carbons (Fsp3) is 0.792. The molecule has 2 amide bonds. The van der Waals surface area contributed by atoms with Crippen molar-refractivity contribution < 1.29 is 37.4 Å². The fourth-order valence-electron chi connectivity index (χ4n) is 8.12. The monoisotopic (exact) mass is 1020 g/mol. The maximum absolute atomic E-state index is 14.5. The minimum atomic E-state index is -2.38. The number of nitrogens with one attached hydrogen (secondary N) is 6. The maximum atomic E-state index is 14.5. The third kappa shape index (κ3) is 13.5. The summed E-state index contributed by atoms with van der Waals surface area (Å²) in [6, 6.07) is 0. The van der Waals surface area contributed by atoms with E-state index in [9.17, 15) is 28.8 Å². The SMILES string of the molecule is Cc1cn([C@H]2C[C@H](O[Si](C)(C)C(C)(C)C)[C@@H](COC3(C)CNCC(C)(C)NC(=O)C(C)(OC[C@H]4O[C@@H](n5cc(C)c(=O)[nH]c5=O)C[C@@H]4O[Si](C)(C)C(C)(C)C)CNCC(C)(C)NC3=O)O2)c(=O)[nH]c1=O. The quantitative estimate of drug-likeness (QED) is 0.167. The van der Waals surface area contributed by atoms with E-state index in [-0.39, 0.29) is 61.3 Å². The molecule has 396 valence electrons. The van der Waals surface area contributed by atoms with Crippen LogP contribution in [0.15, 0.2) is 31.6 Å². The van der Waals surface area contributed by atoms with Crippen molar-refractivity contribution in [2.45, 2.75) is 205 Å². The van der Waals surface area contributed by atoms with Gasteiger partial charge in [-0.05, 0) is 91.7 Å². The van der Waals surface area contributed by atoms with E-state index in [0.717, 1.165) is 0 Å². The summed E-state index contributed by atoms with van der Waals surface area (Å²) in [5.41, 5.74) is -6.03. The average Bonchev–Trinajstić information content (AvgIpc) is 3.79. The zero-order chi connectivity index (χ0) is 52.8. The molecule has 5 heterocycles. The summed E-state index contributed by atoms with van der Waals surface area (Å²) in [7, 11) is -4.76. The van der Waals surface area contributed by atoms with E-state index in [1.165, 1.54) is 21.5 Å². The normalized spacial score (nSPS) is 29.6. The van der Waals surface area contributed by atoms with Crippen molar-refractivity contribution in [3.63, 3.8) is 0 Å². The molecular formula is C48H84N8O12Si2. The molecule has 0 aromatic carbocycles. The van der Waals surface area contributed by atoms with Crippen molar-refractivity contribution in [1.29, 1.82) is 0 Å². The second-order valence-electron chi connectivity index (χ2n) is 24.5. The number of amides is 2. The molecule has 3 aliphatic rings. The van der Waals surface area contributed by atoms with Crippen LogP contribution < -0.4 is 43.8 Å². The number of aromatic nitrogens is 4. The zero-order valence-corrected chi connectivity index (χ0v) is 47.1. The standard InChI is InChI=1S/C48H84N8O12Si2/c1-29-21-55(41(61)51-37(29)57)35-19-31(67-69(15,16)43(3,4)5)33(65-35)23-63-47(13)27-49-25-46(11,12)54-40(60)48(14,28-50-26-45(9,10)53-39(47)59)64-24-34-32(68-70(17,18)44(6,7)8)20-36(66-34)56-22-30(2)38(58)52-42(56)62/h21-22,31-36,49-50H,19-20,23-28H2,1-18H3,(H,53,59)(H,54,60)(H,51,57,61)(H,52,58,62)/t31-,32-,33+,34+,35+,36+,47?,48?/m0/s1. The number of carbonyl (C=O) groups is 2. The largest absolute Gasteiger partial charge is 0.411 e. The van der Waals surface area contributed by atoms with Crippen LogP contribution in [0.3, 0.4) is 0 Å². The van der Waals surface area contributed by atoms with Crippen LogP contribution in [0.1, 0.15) is 120 Å². The highest BCUT2D eigenvalue weighted by Gasteiger charge is 2.49. The van der Waals surface area contributed by atoms with Gasteiger partial charge in [-0.2, -0.15) is 0 Å². The lowest BCUT2D eigenvalue weighted by Crippen LogP contribution is -2.65. The van der Waals surface area contributed by atoms with Crippen molar-refractivity contribution in [3.05, 3.63) is 65.2 Å². The number of H-pyrrole nitrogens is 2. The summed E-state index contributed by atoms with van der Waals surface area (Å²) in [5, 5.41) is 12.8. The van der Waals surface area contributed by atoms with E-state index < -0.39 is 98.3 Å². The lowest BCUT2D eigenvalue weighted by atomic mass is 9.96. The van der Waals surface area contributed by atoms with Crippen LogP contribution in [0.4, 0.5) is 0 Å². The smallest absolute Gasteiger partial charge is 0.330 e. The van der Waals surface area contributed by atoms with E-state index in [4.69, 9.17) is 27.8 Å². The lowest BCUT2D eigenvalue weighted by molar-refractivity contribution is -0.157. The summed E-state index contributed by atoms with van der Waals surface area (Å²) in [5.74, 6) is -0.766. The molecule has 5 rings (SSSR count). The van der Waals surface area contributed by atoms with Gasteiger partial charge < -0.3 is 49.1 Å². The van der Waals surface area contributed by atoms with E-state index in [2.05, 4.69) is 99.0 Å². The van der Waals surface area contributed by atoms with Crippen LogP contribution >= 0.6 is 0 Å². The fourth-order valence-corrected chi connectivity index (χ4v) is 10.8. The van der Waals surface area contributed by atoms with Gasteiger partial charge in [-0.1, -0.05) is 41.5 Å². The van der Waals surface area contributed by atoms with E-state index >= 15 is 0 Å². The Kier molecular flexibility index (Phi) is 17.0. The Morgan fingerprint density at radius 2 is 0.914 bits per heavy atom. The molecular weight excluding hydrogens is 937 g/mol. The van der Waals surface area contributed by atoms with Gasteiger partial charge in [0.2, 0.25) is 0 Å². The van der Waals surface area contributed by atoms with Gasteiger partial charge >= 0.3 is 11.4 Å². The van der Waals surface area contributed by atoms with Gasteiger partial charge in [0, 0.05) is 73.6 Å². The second-order valence-corrected chi connectivity index (χ2v) is 34.0. The average molecular weight is 1020 g/mol.